The Balaban J connectivity index is 3.20. The van der Waals surface area contributed by atoms with Gasteiger partial charge in [-0.15, -0.1) is 0 Å². The molecule has 1 aromatic rings. The third-order valence-electron chi connectivity index (χ3n) is 1.40. The normalized spacial score (nSPS) is 10.9. The number of alkyl halides is 3. The molecule has 0 radical (unpaired) electrons. The molecule has 0 spiro atoms. The maximum atomic E-state index is 12.3. The third-order valence-corrected chi connectivity index (χ3v) is 3.81. The Morgan fingerprint density at radius 2 is 2.08 bits per heavy atom. The maximum absolute atomic E-state index is 12.3. The molecule has 1 aromatic heterocycles. The van der Waals surface area contributed by atoms with Gasteiger partial charge in [-0.25, -0.2) is 13.8 Å². The van der Waals surface area contributed by atoms with Crippen molar-refractivity contribution >= 4 is 61.1 Å². The van der Waals surface area contributed by atoms with Gasteiger partial charge in [-0.2, -0.15) is 0 Å². The molecule has 6 heteroatoms. The Hall–Kier alpha value is 0.950. The molecule has 1 heterocycles. The SMILES string of the molecule is FC(F)c1cc(I)c(CBr)c(I)n1. The van der Waals surface area contributed by atoms with Gasteiger partial charge >= 0.3 is 0 Å². The van der Waals surface area contributed by atoms with Crippen molar-refractivity contribution in [2.75, 3.05) is 0 Å². The summed E-state index contributed by atoms with van der Waals surface area (Å²) in [6, 6.07) is 1.42. The van der Waals surface area contributed by atoms with Gasteiger partial charge in [0.2, 0.25) is 0 Å². The van der Waals surface area contributed by atoms with Crippen molar-refractivity contribution in [3.8, 4) is 0 Å². The number of aromatic nitrogens is 1. The minimum absolute atomic E-state index is 0.154. The van der Waals surface area contributed by atoms with Crippen molar-refractivity contribution in [3.05, 3.63) is 24.6 Å². The van der Waals surface area contributed by atoms with Crippen molar-refractivity contribution in [2.45, 2.75) is 11.8 Å². The molecule has 1 nitrogen and oxygen atoms in total. The summed E-state index contributed by atoms with van der Waals surface area (Å²) in [5.41, 5.74) is 0.809. The second-order valence-corrected chi connectivity index (χ2v) is 4.98. The maximum Gasteiger partial charge on any atom is 0.280 e. The van der Waals surface area contributed by atoms with Crippen LogP contribution in [0.4, 0.5) is 8.78 Å². The van der Waals surface area contributed by atoms with E-state index in [1.165, 1.54) is 6.07 Å². The number of nitrogens with zero attached hydrogens (tertiary/aromatic N) is 1. The fourth-order valence-electron chi connectivity index (χ4n) is 0.759. The molecule has 0 aliphatic carbocycles. The Kier molecular flexibility index (Phi) is 4.76. The van der Waals surface area contributed by atoms with Crippen LogP contribution in [0.5, 0.6) is 0 Å². The van der Waals surface area contributed by atoms with Crippen LogP contribution in [-0.2, 0) is 5.33 Å². The van der Waals surface area contributed by atoms with E-state index >= 15 is 0 Å². The van der Waals surface area contributed by atoms with Crippen molar-refractivity contribution < 1.29 is 8.78 Å². The summed E-state index contributed by atoms with van der Waals surface area (Å²) in [4.78, 5) is 3.81. The monoisotopic (exact) mass is 473 g/mol. The molecule has 0 unspecified atom stereocenters. The molecule has 0 amide bonds. The average Bonchev–Trinajstić information content (AvgIpc) is 2.03. The van der Waals surface area contributed by atoms with Gasteiger partial charge < -0.3 is 0 Å². The smallest absolute Gasteiger partial charge is 0.240 e. The lowest BCUT2D eigenvalue weighted by atomic mass is 10.3. The van der Waals surface area contributed by atoms with E-state index in [0.29, 0.717) is 9.03 Å². The lowest BCUT2D eigenvalue weighted by molar-refractivity contribution is 0.145. The third kappa shape index (κ3) is 2.95. The van der Waals surface area contributed by atoms with E-state index < -0.39 is 6.43 Å². The molecule has 0 aliphatic heterocycles. The molecule has 13 heavy (non-hydrogen) atoms. The molecular formula is C7H4BrF2I2N. The molecule has 0 saturated carbocycles. The number of hydrogen-bond donors (Lipinski definition) is 0. The van der Waals surface area contributed by atoms with E-state index in [-0.39, 0.29) is 5.69 Å². The predicted molar refractivity (Wildman–Crippen MR) is 67.3 cm³/mol. The second-order valence-electron chi connectivity index (χ2n) is 2.23. The highest BCUT2D eigenvalue weighted by molar-refractivity contribution is 14.1. The second kappa shape index (κ2) is 5.15. The molecule has 0 bridgehead atoms. The minimum Gasteiger partial charge on any atom is -0.240 e. The first-order chi connectivity index (χ1) is 6.06. The predicted octanol–water partition coefficient (Wildman–Crippen LogP) is 4.12. The number of halogens is 5. The first-order valence-corrected chi connectivity index (χ1v) is 6.53. The zero-order valence-corrected chi connectivity index (χ0v) is 12.1. The van der Waals surface area contributed by atoms with Crippen LogP contribution in [0.15, 0.2) is 6.07 Å². The molecule has 0 fully saturated rings. The lowest BCUT2D eigenvalue weighted by Crippen LogP contribution is -1.99. The van der Waals surface area contributed by atoms with Crippen LogP contribution >= 0.6 is 61.1 Å². The zero-order chi connectivity index (χ0) is 10.0. The Morgan fingerprint density at radius 3 is 2.46 bits per heavy atom. The summed E-state index contributed by atoms with van der Waals surface area (Å²) in [7, 11) is 0. The van der Waals surface area contributed by atoms with Crippen LogP contribution in [0.25, 0.3) is 0 Å². The number of hydrogen-bond acceptors (Lipinski definition) is 1. The molecule has 0 aromatic carbocycles. The van der Waals surface area contributed by atoms with Crippen LogP contribution in [0.2, 0.25) is 0 Å². The summed E-state index contributed by atoms with van der Waals surface area (Å²) in [6.07, 6.45) is -2.49. The fraction of sp³-hybridized carbons (Fsp3) is 0.286. The summed E-state index contributed by atoms with van der Waals surface area (Å²) in [6.45, 7) is 0. The van der Waals surface area contributed by atoms with Crippen molar-refractivity contribution in [1.82, 2.24) is 4.98 Å². The van der Waals surface area contributed by atoms with Gasteiger partial charge in [-0.05, 0) is 51.2 Å². The van der Waals surface area contributed by atoms with Crippen LogP contribution in [-0.4, -0.2) is 4.98 Å². The Morgan fingerprint density at radius 1 is 1.46 bits per heavy atom. The molecule has 72 valence electrons. The van der Waals surface area contributed by atoms with E-state index in [1.54, 1.807) is 0 Å². The van der Waals surface area contributed by atoms with Gasteiger partial charge in [-0.1, -0.05) is 15.9 Å². The van der Waals surface area contributed by atoms with Crippen molar-refractivity contribution in [1.29, 1.82) is 0 Å². The Bertz CT molecular complexity index is 296. The quantitative estimate of drug-likeness (QED) is 0.358. The molecule has 0 aliphatic rings. The van der Waals surface area contributed by atoms with Gasteiger partial charge in [0.05, 0.1) is 0 Å². The molecule has 1 rings (SSSR count). The lowest BCUT2D eigenvalue weighted by Gasteiger charge is -2.06. The van der Waals surface area contributed by atoms with Gasteiger partial charge in [-0.3, -0.25) is 0 Å². The van der Waals surface area contributed by atoms with E-state index in [9.17, 15) is 8.78 Å². The van der Waals surface area contributed by atoms with Gasteiger partial charge in [0, 0.05) is 14.5 Å². The Labute approximate surface area is 110 Å². The first-order valence-electron chi connectivity index (χ1n) is 3.25. The summed E-state index contributed by atoms with van der Waals surface area (Å²) < 4.78 is 26.0. The summed E-state index contributed by atoms with van der Waals surface area (Å²) >= 11 is 7.29. The van der Waals surface area contributed by atoms with Crippen molar-refractivity contribution in [2.24, 2.45) is 0 Å². The van der Waals surface area contributed by atoms with Crippen LogP contribution in [0, 0.1) is 7.27 Å². The fourth-order valence-corrected chi connectivity index (χ4v) is 4.42. The highest BCUT2D eigenvalue weighted by Crippen LogP contribution is 2.25. The largest absolute Gasteiger partial charge is 0.280 e. The van der Waals surface area contributed by atoms with E-state index in [4.69, 9.17) is 0 Å². The highest BCUT2D eigenvalue weighted by Gasteiger charge is 2.14. The number of rotatable bonds is 2. The molecule has 0 N–H and O–H groups in total. The van der Waals surface area contributed by atoms with Gasteiger partial charge in [0.1, 0.15) is 9.39 Å². The molecule has 0 atom stereocenters. The number of pyridine rings is 1. The summed E-state index contributed by atoms with van der Waals surface area (Å²) in [5, 5.41) is 0.639. The van der Waals surface area contributed by atoms with E-state index in [1.807, 2.05) is 45.2 Å². The van der Waals surface area contributed by atoms with Crippen molar-refractivity contribution in [3.63, 3.8) is 0 Å². The van der Waals surface area contributed by atoms with Gasteiger partial charge in [0.15, 0.2) is 0 Å². The minimum atomic E-state index is -2.49. The highest BCUT2D eigenvalue weighted by atomic mass is 127. The topological polar surface area (TPSA) is 12.9 Å². The summed E-state index contributed by atoms with van der Waals surface area (Å²) in [5.74, 6) is 0. The van der Waals surface area contributed by atoms with Crippen LogP contribution in [0.3, 0.4) is 0 Å². The molecular weight excluding hydrogens is 470 g/mol. The zero-order valence-electron chi connectivity index (χ0n) is 6.20. The van der Waals surface area contributed by atoms with Gasteiger partial charge in [0.25, 0.3) is 6.43 Å². The van der Waals surface area contributed by atoms with E-state index in [0.717, 1.165) is 9.13 Å². The first kappa shape index (κ1) is 12.0. The van der Waals surface area contributed by atoms with Crippen LogP contribution < -0.4 is 0 Å². The van der Waals surface area contributed by atoms with E-state index in [2.05, 4.69) is 20.9 Å². The molecule has 0 saturated heterocycles. The van der Waals surface area contributed by atoms with Crippen LogP contribution in [0.1, 0.15) is 17.7 Å². The average molecular weight is 474 g/mol. The standard InChI is InChI=1S/C7H4BrF2I2N/c8-2-3-4(11)1-5(6(9)10)13-7(3)12/h1,6H,2H2.